The molecule has 0 bridgehead atoms. The second kappa shape index (κ2) is 5.95. The van der Waals surface area contributed by atoms with Gasteiger partial charge in [-0.2, -0.15) is 0 Å². The van der Waals surface area contributed by atoms with Crippen molar-refractivity contribution in [3.05, 3.63) is 23.3 Å². The summed E-state index contributed by atoms with van der Waals surface area (Å²) in [6.45, 7) is 8.74. The number of anilines is 1. The van der Waals surface area contributed by atoms with E-state index >= 15 is 0 Å². The number of amides is 1. The monoisotopic (exact) mass is 318 g/mol. The number of likely N-dealkylation sites (N-methyl/N-ethyl adjacent to an activating group) is 1. The van der Waals surface area contributed by atoms with Crippen molar-refractivity contribution >= 4 is 11.8 Å². The second-order valence-electron chi connectivity index (χ2n) is 7.33. The normalized spacial score (nSPS) is 17.7. The summed E-state index contributed by atoms with van der Waals surface area (Å²) in [6, 6.07) is 4.38. The average molecular weight is 318 g/mol. The molecule has 2 aliphatic rings. The van der Waals surface area contributed by atoms with Crippen LogP contribution in [-0.2, 0) is 17.6 Å². The van der Waals surface area contributed by atoms with Crippen molar-refractivity contribution in [2.24, 2.45) is 0 Å². The molecule has 2 aliphatic heterocycles. The Balaban J connectivity index is 1.77. The van der Waals surface area contributed by atoms with E-state index in [1.165, 1.54) is 11.1 Å². The maximum Gasteiger partial charge on any atom is 0.410 e. The van der Waals surface area contributed by atoms with Gasteiger partial charge in [0.1, 0.15) is 18.0 Å². The predicted octanol–water partition coefficient (Wildman–Crippen LogP) is 2.85. The van der Waals surface area contributed by atoms with Gasteiger partial charge in [0.15, 0.2) is 0 Å². The highest BCUT2D eigenvalue weighted by Gasteiger charge is 2.25. The Morgan fingerprint density at radius 2 is 1.78 bits per heavy atom. The number of carbonyl (C=O) groups is 1. The minimum atomic E-state index is -0.452. The predicted molar refractivity (Wildman–Crippen MR) is 90.4 cm³/mol. The van der Waals surface area contributed by atoms with Gasteiger partial charge in [0.05, 0.1) is 12.2 Å². The standard InChI is InChI=1S/C18H26N2O3/c1-18(2,3)23-17(21)20-7-5-13-11-15-16(12-14(13)6-8-20)22-10-9-19(15)4/h11-12H,5-10H2,1-4H3. The Bertz CT molecular complexity index is 607. The van der Waals surface area contributed by atoms with E-state index in [-0.39, 0.29) is 6.09 Å². The molecule has 1 aromatic carbocycles. The third-order valence-electron chi connectivity index (χ3n) is 4.33. The molecule has 0 N–H and O–H groups in total. The van der Waals surface area contributed by atoms with Crippen molar-refractivity contribution in [2.45, 2.75) is 39.2 Å². The highest BCUT2D eigenvalue weighted by molar-refractivity contribution is 5.69. The lowest BCUT2D eigenvalue weighted by Crippen LogP contribution is -2.38. The van der Waals surface area contributed by atoms with Crippen molar-refractivity contribution in [1.82, 2.24) is 4.90 Å². The summed E-state index contributed by atoms with van der Waals surface area (Å²) in [5.74, 6) is 0.961. The Labute approximate surface area is 138 Å². The van der Waals surface area contributed by atoms with Gasteiger partial charge >= 0.3 is 6.09 Å². The number of carbonyl (C=O) groups excluding carboxylic acids is 1. The second-order valence-corrected chi connectivity index (χ2v) is 7.33. The SMILES string of the molecule is CN1CCOc2cc3c(cc21)CCN(C(=O)OC(C)(C)C)CC3. The first kappa shape index (κ1) is 16.0. The summed E-state index contributed by atoms with van der Waals surface area (Å²) >= 11 is 0. The largest absolute Gasteiger partial charge is 0.490 e. The zero-order valence-corrected chi connectivity index (χ0v) is 14.5. The molecule has 0 saturated carbocycles. The molecule has 23 heavy (non-hydrogen) atoms. The zero-order valence-electron chi connectivity index (χ0n) is 14.5. The molecule has 5 heteroatoms. The van der Waals surface area contributed by atoms with Crippen LogP contribution < -0.4 is 9.64 Å². The molecule has 0 aromatic heterocycles. The van der Waals surface area contributed by atoms with Gasteiger partial charge in [0, 0.05) is 20.1 Å². The maximum atomic E-state index is 12.3. The summed E-state index contributed by atoms with van der Waals surface area (Å²) in [7, 11) is 2.09. The van der Waals surface area contributed by atoms with Crippen molar-refractivity contribution in [1.29, 1.82) is 0 Å². The molecule has 0 radical (unpaired) electrons. The fourth-order valence-electron chi connectivity index (χ4n) is 3.08. The smallest absolute Gasteiger partial charge is 0.410 e. The molecule has 5 nitrogen and oxygen atoms in total. The number of rotatable bonds is 0. The summed E-state index contributed by atoms with van der Waals surface area (Å²) in [5.41, 5.74) is 3.30. The number of ether oxygens (including phenoxy) is 2. The lowest BCUT2D eigenvalue weighted by molar-refractivity contribution is 0.0258. The molecule has 126 valence electrons. The van der Waals surface area contributed by atoms with Crippen LogP contribution in [0, 0.1) is 0 Å². The van der Waals surface area contributed by atoms with E-state index in [1.807, 2.05) is 25.7 Å². The minimum absolute atomic E-state index is 0.219. The quantitative estimate of drug-likeness (QED) is 0.738. The first-order chi connectivity index (χ1) is 10.8. The van der Waals surface area contributed by atoms with Crippen molar-refractivity contribution in [2.75, 3.05) is 38.2 Å². The highest BCUT2D eigenvalue weighted by Crippen LogP contribution is 2.35. The summed E-state index contributed by atoms with van der Waals surface area (Å²) < 4.78 is 11.3. The average Bonchev–Trinajstić information content (AvgIpc) is 2.66. The van der Waals surface area contributed by atoms with Gasteiger partial charge in [-0.25, -0.2) is 4.79 Å². The van der Waals surface area contributed by atoms with E-state index in [0.717, 1.165) is 37.4 Å². The molecule has 1 aromatic rings. The zero-order chi connectivity index (χ0) is 16.6. The number of fused-ring (bicyclic) bond motifs is 2. The molecule has 0 saturated heterocycles. The molecule has 0 fully saturated rings. The first-order valence-corrected chi connectivity index (χ1v) is 8.31. The molecule has 3 rings (SSSR count). The molecule has 0 atom stereocenters. The van der Waals surface area contributed by atoms with Crippen LogP contribution in [0.25, 0.3) is 0 Å². The summed E-state index contributed by atoms with van der Waals surface area (Å²) in [4.78, 5) is 16.3. The topological polar surface area (TPSA) is 42.0 Å². The highest BCUT2D eigenvalue weighted by atomic mass is 16.6. The third kappa shape index (κ3) is 3.54. The van der Waals surface area contributed by atoms with Crippen LogP contribution in [0.2, 0.25) is 0 Å². The Hall–Kier alpha value is -1.91. The molecular weight excluding hydrogens is 292 g/mol. The fraction of sp³-hybridized carbons (Fsp3) is 0.611. The van der Waals surface area contributed by atoms with Crippen LogP contribution in [0.3, 0.4) is 0 Å². The third-order valence-corrected chi connectivity index (χ3v) is 4.33. The van der Waals surface area contributed by atoms with Crippen LogP contribution in [-0.4, -0.2) is 49.9 Å². The summed E-state index contributed by atoms with van der Waals surface area (Å²) in [6.07, 6.45) is 1.48. The Morgan fingerprint density at radius 3 is 2.43 bits per heavy atom. The van der Waals surface area contributed by atoms with Gasteiger partial charge < -0.3 is 19.3 Å². The number of hydrogen-bond donors (Lipinski definition) is 0. The lowest BCUT2D eigenvalue weighted by atomic mass is 10.0. The van der Waals surface area contributed by atoms with E-state index < -0.39 is 5.60 Å². The van der Waals surface area contributed by atoms with E-state index in [4.69, 9.17) is 9.47 Å². The van der Waals surface area contributed by atoms with Gasteiger partial charge in [-0.3, -0.25) is 0 Å². The van der Waals surface area contributed by atoms with Crippen LogP contribution in [0.5, 0.6) is 5.75 Å². The van der Waals surface area contributed by atoms with Crippen molar-refractivity contribution in [3.63, 3.8) is 0 Å². The van der Waals surface area contributed by atoms with Gasteiger partial charge in [-0.05, 0) is 56.9 Å². The van der Waals surface area contributed by atoms with Gasteiger partial charge in [-0.15, -0.1) is 0 Å². The van der Waals surface area contributed by atoms with Crippen molar-refractivity contribution < 1.29 is 14.3 Å². The summed E-state index contributed by atoms with van der Waals surface area (Å²) in [5, 5.41) is 0. The number of benzene rings is 1. The van der Waals surface area contributed by atoms with E-state index in [2.05, 4.69) is 24.1 Å². The molecule has 1 amide bonds. The van der Waals surface area contributed by atoms with Gasteiger partial charge in [-0.1, -0.05) is 0 Å². The van der Waals surface area contributed by atoms with Crippen molar-refractivity contribution in [3.8, 4) is 5.75 Å². The van der Waals surface area contributed by atoms with Crippen LogP contribution >= 0.6 is 0 Å². The van der Waals surface area contributed by atoms with Gasteiger partial charge in [0.25, 0.3) is 0 Å². The molecule has 2 heterocycles. The van der Waals surface area contributed by atoms with E-state index in [9.17, 15) is 4.79 Å². The molecule has 0 aliphatic carbocycles. The van der Waals surface area contributed by atoms with Gasteiger partial charge in [0.2, 0.25) is 0 Å². The molecule has 0 unspecified atom stereocenters. The molecule has 0 spiro atoms. The van der Waals surface area contributed by atoms with Crippen LogP contribution in [0.4, 0.5) is 10.5 Å². The fourth-order valence-corrected chi connectivity index (χ4v) is 3.08. The number of hydrogen-bond acceptors (Lipinski definition) is 4. The van der Waals surface area contributed by atoms with E-state index in [0.29, 0.717) is 13.1 Å². The molecular formula is C18H26N2O3. The van der Waals surface area contributed by atoms with Crippen LogP contribution in [0.1, 0.15) is 31.9 Å². The first-order valence-electron chi connectivity index (χ1n) is 8.31. The lowest BCUT2D eigenvalue weighted by Gasteiger charge is -2.29. The van der Waals surface area contributed by atoms with Crippen LogP contribution in [0.15, 0.2) is 12.1 Å². The van der Waals surface area contributed by atoms with E-state index in [1.54, 1.807) is 0 Å². The Kier molecular flexibility index (Phi) is 4.13. The maximum absolute atomic E-state index is 12.3. The Morgan fingerprint density at radius 1 is 1.13 bits per heavy atom. The number of nitrogens with zero attached hydrogens (tertiary/aromatic N) is 2. The minimum Gasteiger partial charge on any atom is -0.490 e.